The molecule has 0 bridgehead atoms. The summed E-state index contributed by atoms with van der Waals surface area (Å²) >= 11 is 3.38. The topological polar surface area (TPSA) is 44.9 Å². The zero-order chi connectivity index (χ0) is 9.26. The van der Waals surface area contributed by atoms with Crippen LogP contribution in [-0.4, -0.2) is 11.4 Å². The molecular formula is C9H7BrN2O. The number of nitrogens with one attached hydrogen (secondary N) is 2. The van der Waals surface area contributed by atoms with Crippen LogP contribution in [-0.2, 0) is 4.79 Å². The van der Waals surface area contributed by atoms with E-state index in [2.05, 4.69) is 26.2 Å². The number of anilines is 1. The number of halogens is 1. The number of hydrogen-bond acceptors (Lipinski definition) is 1. The van der Waals surface area contributed by atoms with Gasteiger partial charge in [-0.2, -0.15) is 0 Å². The number of benzene rings is 1. The summed E-state index contributed by atoms with van der Waals surface area (Å²) < 4.78 is 1.02. The molecule has 1 aromatic heterocycles. The van der Waals surface area contributed by atoms with Gasteiger partial charge in [-0.15, -0.1) is 0 Å². The summed E-state index contributed by atoms with van der Waals surface area (Å²) in [6.45, 7) is 0. The van der Waals surface area contributed by atoms with Crippen molar-refractivity contribution in [3.05, 3.63) is 28.7 Å². The van der Waals surface area contributed by atoms with Gasteiger partial charge in [0.25, 0.3) is 0 Å². The van der Waals surface area contributed by atoms with E-state index in [9.17, 15) is 4.79 Å². The highest BCUT2D eigenvalue weighted by Crippen LogP contribution is 2.22. The molecule has 0 aliphatic heterocycles. The molecule has 1 heterocycles. The standard InChI is InChI=1S/C9H7BrN2O/c10-7-1-2-8-6(3-7)4-9(12-8)11-5-13/h1-5,12H,(H,11,13). The summed E-state index contributed by atoms with van der Waals surface area (Å²) in [5.41, 5.74) is 1.01. The third-order valence-electron chi connectivity index (χ3n) is 1.80. The van der Waals surface area contributed by atoms with Crippen molar-refractivity contribution in [3.63, 3.8) is 0 Å². The summed E-state index contributed by atoms with van der Waals surface area (Å²) in [4.78, 5) is 13.2. The first-order valence-corrected chi connectivity index (χ1v) is 4.57. The number of carbonyl (C=O) groups excluding carboxylic acids is 1. The van der Waals surface area contributed by atoms with Crippen LogP contribution in [0.15, 0.2) is 28.7 Å². The van der Waals surface area contributed by atoms with Gasteiger partial charge in [0.2, 0.25) is 6.41 Å². The van der Waals surface area contributed by atoms with E-state index in [4.69, 9.17) is 0 Å². The van der Waals surface area contributed by atoms with E-state index in [1.54, 1.807) is 0 Å². The smallest absolute Gasteiger partial charge is 0.212 e. The van der Waals surface area contributed by atoms with Gasteiger partial charge in [0.05, 0.1) is 0 Å². The van der Waals surface area contributed by atoms with Crippen molar-refractivity contribution in [2.45, 2.75) is 0 Å². The molecule has 2 aromatic rings. The van der Waals surface area contributed by atoms with Crippen LogP contribution in [0, 0.1) is 0 Å². The molecular weight excluding hydrogens is 232 g/mol. The fourth-order valence-electron chi connectivity index (χ4n) is 1.24. The number of rotatable bonds is 2. The molecule has 0 saturated heterocycles. The quantitative estimate of drug-likeness (QED) is 0.777. The van der Waals surface area contributed by atoms with Gasteiger partial charge >= 0.3 is 0 Å². The molecule has 0 unspecified atom stereocenters. The first-order chi connectivity index (χ1) is 6.29. The molecule has 1 aromatic carbocycles. The molecule has 1 amide bonds. The fourth-order valence-corrected chi connectivity index (χ4v) is 1.62. The van der Waals surface area contributed by atoms with Crippen molar-refractivity contribution in [1.82, 2.24) is 4.98 Å². The van der Waals surface area contributed by atoms with Gasteiger partial charge in [-0.3, -0.25) is 4.79 Å². The molecule has 13 heavy (non-hydrogen) atoms. The van der Waals surface area contributed by atoms with Crippen molar-refractivity contribution >= 4 is 39.1 Å². The van der Waals surface area contributed by atoms with Crippen LogP contribution in [0.2, 0.25) is 0 Å². The Morgan fingerprint density at radius 3 is 3.00 bits per heavy atom. The number of amides is 1. The fraction of sp³-hybridized carbons (Fsp3) is 0. The van der Waals surface area contributed by atoms with E-state index in [0.29, 0.717) is 12.2 Å². The molecule has 3 nitrogen and oxygen atoms in total. The van der Waals surface area contributed by atoms with Crippen molar-refractivity contribution in [2.75, 3.05) is 5.32 Å². The highest BCUT2D eigenvalue weighted by molar-refractivity contribution is 9.10. The molecule has 0 atom stereocenters. The predicted octanol–water partition coefficient (Wildman–Crippen LogP) is 2.50. The number of aromatic nitrogens is 1. The zero-order valence-electron chi connectivity index (χ0n) is 6.67. The Labute approximate surface area is 83.3 Å². The molecule has 0 radical (unpaired) electrons. The van der Waals surface area contributed by atoms with Crippen LogP contribution >= 0.6 is 15.9 Å². The van der Waals surface area contributed by atoms with Gasteiger partial charge < -0.3 is 10.3 Å². The van der Waals surface area contributed by atoms with Crippen molar-refractivity contribution in [1.29, 1.82) is 0 Å². The van der Waals surface area contributed by atoms with Gasteiger partial charge in [0.15, 0.2) is 0 Å². The highest BCUT2D eigenvalue weighted by atomic mass is 79.9. The van der Waals surface area contributed by atoms with E-state index in [1.165, 1.54) is 0 Å². The molecule has 0 aliphatic rings. The maximum absolute atomic E-state index is 10.2. The Hall–Kier alpha value is -1.29. The van der Waals surface area contributed by atoms with E-state index in [1.807, 2.05) is 24.3 Å². The lowest BCUT2D eigenvalue weighted by atomic mass is 10.2. The largest absolute Gasteiger partial charge is 0.341 e. The van der Waals surface area contributed by atoms with Crippen LogP contribution in [0.4, 0.5) is 5.82 Å². The third-order valence-corrected chi connectivity index (χ3v) is 2.29. The second kappa shape index (κ2) is 3.22. The highest BCUT2D eigenvalue weighted by Gasteiger charge is 1.99. The number of carbonyl (C=O) groups is 1. The van der Waals surface area contributed by atoms with E-state index in [-0.39, 0.29) is 0 Å². The monoisotopic (exact) mass is 238 g/mol. The van der Waals surface area contributed by atoms with Crippen molar-refractivity contribution in [3.8, 4) is 0 Å². The van der Waals surface area contributed by atoms with Gasteiger partial charge in [0.1, 0.15) is 5.82 Å². The Bertz CT molecular complexity index is 450. The van der Waals surface area contributed by atoms with Crippen LogP contribution in [0.5, 0.6) is 0 Å². The summed E-state index contributed by atoms with van der Waals surface area (Å²) in [6, 6.07) is 7.77. The average molecular weight is 239 g/mol. The van der Waals surface area contributed by atoms with E-state index < -0.39 is 0 Å². The normalized spacial score (nSPS) is 10.2. The third kappa shape index (κ3) is 1.58. The minimum absolute atomic E-state index is 0.653. The van der Waals surface area contributed by atoms with Crippen LogP contribution < -0.4 is 5.32 Å². The molecule has 2 rings (SSSR count). The summed E-state index contributed by atoms with van der Waals surface area (Å²) in [6.07, 6.45) is 0.653. The number of aromatic amines is 1. The SMILES string of the molecule is O=CNc1cc2cc(Br)ccc2[nH]1. The van der Waals surface area contributed by atoms with E-state index in [0.717, 1.165) is 15.4 Å². The molecule has 0 saturated carbocycles. The molecule has 66 valence electrons. The Morgan fingerprint density at radius 2 is 2.23 bits per heavy atom. The minimum Gasteiger partial charge on any atom is -0.341 e. The predicted molar refractivity (Wildman–Crippen MR) is 55.7 cm³/mol. The van der Waals surface area contributed by atoms with Gasteiger partial charge in [0, 0.05) is 15.4 Å². The summed E-state index contributed by atoms with van der Waals surface area (Å²) in [7, 11) is 0. The zero-order valence-corrected chi connectivity index (χ0v) is 8.26. The van der Waals surface area contributed by atoms with Crippen LogP contribution in [0.3, 0.4) is 0 Å². The van der Waals surface area contributed by atoms with Gasteiger partial charge in [-0.05, 0) is 24.3 Å². The van der Waals surface area contributed by atoms with Crippen LogP contribution in [0.1, 0.15) is 0 Å². The Kier molecular flexibility index (Phi) is 2.06. The Balaban J connectivity index is 2.55. The van der Waals surface area contributed by atoms with Crippen molar-refractivity contribution < 1.29 is 4.79 Å². The molecule has 2 N–H and O–H groups in total. The van der Waals surface area contributed by atoms with Crippen molar-refractivity contribution in [2.24, 2.45) is 0 Å². The van der Waals surface area contributed by atoms with Gasteiger partial charge in [-0.25, -0.2) is 0 Å². The van der Waals surface area contributed by atoms with Crippen LogP contribution in [0.25, 0.3) is 10.9 Å². The second-order valence-corrected chi connectivity index (χ2v) is 3.59. The Morgan fingerprint density at radius 1 is 1.38 bits per heavy atom. The molecule has 0 spiro atoms. The first kappa shape index (κ1) is 8.31. The molecule has 0 fully saturated rings. The summed E-state index contributed by atoms with van der Waals surface area (Å²) in [5, 5.41) is 3.63. The number of fused-ring (bicyclic) bond motifs is 1. The lowest BCUT2D eigenvalue weighted by Crippen LogP contribution is -1.92. The molecule has 4 heteroatoms. The summed E-state index contributed by atoms with van der Waals surface area (Å²) in [5.74, 6) is 0.711. The van der Waals surface area contributed by atoms with E-state index >= 15 is 0 Å². The maximum atomic E-state index is 10.2. The minimum atomic E-state index is 0.653. The lowest BCUT2D eigenvalue weighted by Gasteiger charge is -1.89. The lowest BCUT2D eigenvalue weighted by molar-refractivity contribution is -0.105. The number of hydrogen-bond donors (Lipinski definition) is 2. The van der Waals surface area contributed by atoms with Gasteiger partial charge in [-0.1, -0.05) is 15.9 Å². The number of H-pyrrole nitrogens is 1. The maximum Gasteiger partial charge on any atom is 0.212 e. The average Bonchev–Trinajstić information content (AvgIpc) is 2.46. The first-order valence-electron chi connectivity index (χ1n) is 3.78. The second-order valence-electron chi connectivity index (χ2n) is 2.68. The molecule has 0 aliphatic carbocycles.